The molecular weight excluding hydrogens is 168 g/mol. The molecule has 0 bridgehead atoms. The molecule has 0 spiro atoms. The lowest BCUT2D eigenvalue weighted by Gasteiger charge is -2.21. The molecule has 0 saturated carbocycles. The molecule has 1 aromatic carbocycles. The van der Waals surface area contributed by atoms with E-state index in [0.29, 0.717) is 0 Å². The third-order valence-electron chi connectivity index (χ3n) is 2.12. The predicted octanol–water partition coefficient (Wildman–Crippen LogP) is 1.76. The van der Waals surface area contributed by atoms with Crippen molar-refractivity contribution in [1.82, 2.24) is 0 Å². The van der Waals surface area contributed by atoms with Crippen molar-refractivity contribution < 1.29 is 0 Å². The molecule has 0 aliphatic carbocycles. The second-order valence-corrected chi connectivity index (χ2v) is 4.18. The van der Waals surface area contributed by atoms with E-state index in [2.05, 4.69) is 6.07 Å². The summed E-state index contributed by atoms with van der Waals surface area (Å²) in [5, 5.41) is 0. The van der Waals surface area contributed by atoms with Crippen molar-refractivity contribution in [2.75, 3.05) is 11.5 Å². The first-order valence-electron chi connectivity index (χ1n) is 4.05. The quantitative estimate of drug-likeness (QED) is 0.598. The van der Waals surface area contributed by atoms with Gasteiger partial charge in [-0.25, -0.2) is 0 Å². The molecule has 1 atom stereocenters. The van der Waals surface area contributed by atoms with E-state index in [1.807, 2.05) is 23.9 Å². The maximum Gasteiger partial charge on any atom is 0.0318 e. The Bertz CT molecular complexity index is 299. The van der Waals surface area contributed by atoms with E-state index in [4.69, 9.17) is 11.5 Å². The van der Waals surface area contributed by atoms with Crippen LogP contribution in [0.5, 0.6) is 0 Å². The molecule has 0 radical (unpaired) electrons. The first-order chi connectivity index (χ1) is 5.77. The van der Waals surface area contributed by atoms with Crippen LogP contribution in [0.2, 0.25) is 0 Å². The van der Waals surface area contributed by atoms with Crippen LogP contribution in [0.25, 0.3) is 0 Å². The number of anilines is 1. The van der Waals surface area contributed by atoms with E-state index in [1.165, 1.54) is 10.5 Å². The Kier molecular flexibility index (Phi) is 1.98. The fourth-order valence-electron chi connectivity index (χ4n) is 1.44. The SMILES string of the molecule is Nc1ccc2c(c1)C(N)CCS2. The first kappa shape index (κ1) is 7.95. The Labute approximate surface area is 76.3 Å². The number of nitrogen functional groups attached to an aromatic ring is 1. The molecule has 2 rings (SSSR count). The monoisotopic (exact) mass is 180 g/mol. The zero-order valence-corrected chi connectivity index (χ0v) is 7.60. The zero-order valence-electron chi connectivity index (χ0n) is 6.79. The standard InChI is InChI=1S/C9H12N2S/c10-6-1-2-9-7(5-6)8(11)3-4-12-9/h1-2,5,8H,3-4,10-11H2. The average Bonchev–Trinajstić information content (AvgIpc) is 2.07. The van der Waals surface area contributed by atoms with Crippen LogP contribution < -0.4 is 11.5 Å². The van der Waals surface area contributed by atoms with Gasteiger partial charge < -0.3 is 11.5 Å². The molecule has 64 valence electrons. The molecule has 1 aliphatic rings. The van der Waals surface area contributed by atoms with Gasteiger partial charge in [-0.3, -0.25) is 0 Å². The molecule has 0 aromatic heterocycles. The van der Waals surface area contributed by atoms with Crippen molar-refractivity contribution in [3.05, 3.63) is 23.8 Å². The normalized spacial score (nSPS) is 21.9. The number of rotatable bonds is 0. The van der Waals surface area contributed by atoms with Gasteiger partial charge in [-0.2, -0.15) is 0 Å². The highest BCUT2D eigenvalue weighted by Gasteiger charge is 2.16. The number of hydrogen-bond acceptors (Lipinski definition) is 3. The van der Waals surface area contributed by atoms with Crippen LogP contribution in [0, 0.1) is 0 Å². The molecule has 4 N–H and O–H groups in total. The summed E-state index contributed by atoms with van der Waals surface area (Å²) in [5.41, 5.74) is 13.7. The summed E-state index contributed by atoms with van der Waals surface area (Å²) in [5.74, 6) is 1.12. The zero-order chi connectivity index (χ0) is 8.55. The lowest BCUT2D eigenvalue weighted by Crippen LogP contribution is -2.16. The van der Waals surface area contributed by atoms with E-state index in [9.17, 15) is 0 Å². The van der Waals surface area contributed by atoms with Gasteiger partial charge in [-0.1, -0.05) is 0 Å². The summed E-state index contributed by atoms with van der Waals surface area (Å²) in [6.45, 7) is 0. The lowest BCUT2D eigenvalue weighted by atomic mass is 10.0. The molecule has 0 saturated heterocycles. The summed E-state index contributed by atoms with van der Waals surface area (Å²) in [7, 11) is 0. The van der Waals surface area contributed by atoms with Gasteiger partial charge >= 0.3 is 0 Å². The molecule has 12 heavy (non-hydrogen) atoms. The third-order valence-corrected chi connectivity index (χ3v) is 3.24. The molecular formula is C9H12N2S. The molecule has 3 heteroatoms. The number of fused-ring (bicyclic) bond motifs is 1. The Morgan fingerprint density at radius 2 is 2.25 bits per heavy atom. The minimum absolute atomic E-state index is 0.185. The summed E-state index contributed by atoms with van der Waals surface area (Å²) >= 11 is 1.87. The van der Waals surface area contributed by atoms with Gasteiger partial charge in [0.2, 0.25) is 0 Å². The Morgan fingerprint density at radius 1 is 1.42 bits per heavy atom. The van der Waals surface area contributed by atoms with E-state index >= 15 is 0 Å². The molecule has 1 unspecified atom stereocenters. The van der Waals surface area contributed by atoms with Crippen LogP contribution in [0.4, 0.5) is 5.69 Å². The highest BCUT2D eigenvalue weighted by molar-refractivity contribution is 7.99. The Balaban J connectivity index is 2.47. The molecule has 0 fully saturated rings. The van der Waals surface area contributed by atoms with Gasteiger partial charge in [0.15, 0.2) is 0 Å². The minimum Gasteiger partial charge on any atom is -0.399 e. The fraction of sp³-hybridized carbons (Fsp3) is 0.333. The largest absolute Gasteiger partial charge is 0.399 e. The van der Waals surface area contributed by atoms with Gasteiger partial charge in [-0.15, -0.1) is 11.8 Å². The van der Waals surface area contributed by atoms with Crippen molar-refractivity contribution in [3.63, 3.8) is 0 Å². The van der Waals surface area contributed by atoms with Crippen molar-refractivity contribution in [1.29, 1.82) is 0 Å². The van der Waals surface area contributed by atoms with Crippen LogP contribution in [-0.4, -0.2) is 5.75 Å². The summed E-state index contributed by atoms with van der Waals surface area (Å²) in [4.78, 5) is 1.29. The van der Waals surface area contributed by atoms with Gasteiger partial charge in [0.05, 0.1) is 0 Å². The van der Waals surface area contributed by atoms with Crippen LogP contribution >= 0.6 is 11.8 Å². The highest BCUT2D eigenvalue weighted by atomic mass is 32.2. The van der Waals surface area contributed by atoms with Crippen LogP contribution in [0.1, 0.15) is 18.0 Å². The topological polar surface area (TPSA) is 52.0 Å². The molecule has 1 heterocycles. The van der Waals surface area contributed by atoms with Crippen LogP contribution in [0.3, 0.4) is 0 Å². The number of thioether (sulfide) groups is 1. The van der Waals surface area contributed by atoms with E-state index in [0.717, 1.165) is 17.9 Å². The maximum absolute atomic E-state index is 5.95. The fourth-order valence-corrected chi connectivity index (χ4v) is 2.57. The number of hydrogen-bond donors (Lipinski definition) is 2. The second kappa shape index (κ2) is 2.99. The van der Waals surface area contributed by atoms with Crippen molar-refractivity contribution in [2.24, 2.45) is 5.73 Å². The van der Waals surface area contributed by atoms with Crippen LogP contribution in [-0.2, 0) is 0 Å². The molecule has 1 aromatic rings. The smallest absolute Gasteiger partial charge is 0.0318 e. The Hall–Kier alpha value is -0.670. The molecule has 1 aliphatic heterocycles. The van der Waals surface area contributed by atoms with Crippen molar-refractivity contribution >= 4 is 17.4 Å². The lowest BCUT2D eigenvalue weighted by molar-refractivity contribution is 0.681. The van der Waals surface area contributed by atoms with Gasteiger partial charge in [0.1, 0.15) is 0 Å². The maximum atomic E-state index is 5.95. The molecule has 0 amide bonds. The average molecular weight is 180 g/mol. The minimum atomic E-state index is 0.185. The van der Waals surface area contributed by atoms with Crippen LogP contribution in [0.15, 0.2) is 23.1 Å². The first-order valence-corrected chi connectivity index (χ1v) is 5.04. The van der Waals surface area contributed by atoms with E-state index in [1.54, 1.807) is 0 Å². The van der Waals surface area contributed by atoms with Gasteiger partial charge in [0, 0.05) is 16.6 Å². The summed E-state index contributed by atoms with van der Waals surface area (Å²) in [6.07, 6.45) is 1.06. The predicted molar refractivity (Wildman–Crippen MR) is 53.1 cm³/mol. The highest BCUT2D eigenvalue weighted by Crippen LogP contribution is 2.35. The summed E-state index contributed by atoms with van der Waals surface area (Å²) < 4.78 is 0. The van der Waals surface area contributed by atoms with E-state index < -0.39 is 0 Å². The number of nitrogens with two attached hydrogens (primary N) is 2. The Morgan fingerprint density at radius 3 is 3.08 bits per heavy atom. The summed E-state index contributed by atoms with van der Waals surface area (Å²) in [6, 6.07) is 6.18. The number of benzene rings is 1. The third kappa shape index (κ3) is 1.30. The van der Waals surface area contributed by atoms with Crippen molar-refractivity contribution in [3.8, 4) is 0 Å². The second-order valence-electron chi connectivity index (χ2n) is 3.04. The van der Waals surface area contributed by atoms with Gasteiger partial charge in [-0.05, 0) is 35.9 Å². The van der Waals surface area contributed by atoms with E-state index in [-0.39, 0.29) is 6.04 Å². The molecule has 2 nitrogen and oxygen atoms in total. The van der Waals surface area contributed by atoms with Gasteiger partial charge in [0.25, 0.3) is 0 Å². The van der Waals surface area contributed by atoms with Crippen molar-refractivity contribution in [2.45, 2.75) is 17.4 Å².